The van der Waals surface area contributed by atoms with Crippen LogP contribution in [0.3, 0.4) is 0 Å². The first kappa shape index (κ1) is 13.1. The molecule has 2 heterocycles. The molecular formula is C13H22N4O. The molecule has 1 amide bonds. The molecule has 1 aromatic heterocycles. The zero-order valence-electron chi connectivity index (χ0n) is 11.6. The summed E-state index contributed by atoms with van der Waals surface area (Å²) in [4.78, 5) is 14.3. The summed E-state index contributed by atoms with van der Waals surface area (Å²) in [5.41, 5.74) is 0.590. The molecule has 100 valence electrons. The number of amides is 1. The van der Waals surface area contributed by atoms with Gasteiger partial charge in [0, 0.05) is 31.9 Å². The largest absolute Gasteiger partial charge is 0.333 e. The summed E-state index contributed by atoms with van der Waals surface area (Å²) < 4.78 is 1.84. The van der Waals surface area contributed by atoms with Gasteiger partial charge in [0.1, 0.15) is 0 Å². The Kier molecular flexibility index (Phi) is 3.43. The van der Waals surface area contributed by atoms with Crippen LogP contribution in [0.2, 0.25) is 0 Å². The number of rotatable bonds is 1. The highest BCUT2D eigenvalue weighted by molar-refractivity contribution is 5.94. The topological polar surface area (TPSA) is 50.2 Å². The average Bonchev–Trinajstić information content (AvgIpc) is 2.77. The minimum Gasteiger partial charge on any atom is -0.333 e. The predicted molar refractivity (Wildman–Crippen MR) is 70.6 cm³/mol. The molecule has 0 radical (unpaired) electrons. The first-order valence-corrected chi connectivity index (χ1v) is 6.46. The van der Waals surface area contributed by atoms with Gasteiger partial charge in [0.05, 0.1) is 17.3 Å². The monoisotopic (exact) mass is 250 g/mol. The normalized spacial score (nSPS) is 21.1. The molecule has 1 saturated heterocycles. The summed E-state index contributed by atoms with van der Waals surface area (Å²) in [6, 6.07) is 0.240. The number of hydrogen-bond donors (Lipinski definition) is 1. The standard InChI is InChI=1S/C13H22N4O/c1-10-7-14-5-6-16(10)12(18)11-8-15-17(9-11)13(2,3)4/h8-10,14H,5-7H2,1-4H3/t10-/m0/s1. The molecule has 18 heavy (non-hydrogen) atoms. The Hall–Kier alpha value is -1.36. The van der Waals surface area contributed by atoms with E-state index in [0.29, 0.717) is 5.56 Å². The summed E-state index contributed by atoms with van der Waals surface area (Å²) >= 11 is 0. The van der Waals surface area contributed by atoms with E-state index in [2.05, 4.69) is 38.1 Å². The highest BCUT2D eigenvalue weighted by Crippen LogP contribution is 2.15. The van der Waals surface area contributed by atoms with Crippen LogP contribution in [0.25, 0.3) is 0 Å². The maximum absolute atomic E-state index is 12.4. The van der Waals surface area contributed by atoms with Crippen LogP contribution in [0.4, 0.5) is 0 Å². The molecular weight excluding hydrogens is 228 g/mol. The predicted octanol–water partition coefficient (Wildman–Crippen LogP) is 1.07. The Morgan fingerprint density at radius 2 is 2.22 bits per heavy atom. The van der Waals surface area contributed by atoms with E-state index < -0.39 is 0 Å². The minimum atomic E-state index is -0.0897. The van der Waals surface area contributed by atoms with Crippen LogP contribution < -0.4 is 5.32 Å². The van der Waals surface area contributed by atoms with Crippen LogP contribution in [0, 0.1) is 0 Å². The Labute approximate surface area is 108 Å². The third kappa shape index (κ3) is 2.56. The van der Waals surface area contributed by atoms with E-state index in [1.807, 2.05) is 15.8 Å². The van der Waals surface area contributed by atoms with Gasteiger partial charge < -0.3 is 10.2 Å². The van der Waals surface area contributed by atoms with E-state index in [1.165, 1.54) is 0 Å². The molecule has 1 atom stereocenters. The van der Waals surface area contributed by atoms with Gasteiger partial charge in [-0.2, -0.15) is 5.10 Å². The second-order valence-electron chi connectivity index (χ2n) is 5.90. The lowest BCUT2D eigenvalue weighted by Gasteiger charge is -2.33. The highest BCUT2D eigenvalue weighted by atomic mass is 16.2. The van der Waals surface area contributed by atoms with Gasteiger partial charge in [0.2, 0.25) is 0 Å². The number of hydrogen-bond acceptors (Lipinski definition) is 3. The number of carbonyl (C=O) groups excluding carboxylic acids is 1. The van der Waals surface area contributed by atoms with Crippen LogP contribution in [0.5, 0.6) is 0 Å². The van der Waals surface area contributed by atoms with Crippen LogP contribution in [0.15, 0.2) is 12.4 Å². The molecule has 1 aliphatic heterocycles. The van der Waals surface area contributed by atoms with Gasteiger partial charge in [-0.15, -0.1) is 0 Å². The number of nitrogens with one attached hydrogen (secondary N) is 1. The molecule has 0 unspecified atom stereocenters. The van der Waals surface area contributed by atoms with Gasteiger partial charge in [-0.3, -0.25) is 9.48 Å². The SMILES string of the molecule is C[C@H]1CNCCN1C(=O)c1cnn(C(C)(C)C)c1. The molecule has 0 aliphatic carbocycles. The second-order valence-corrected chi connectivity index (χ2v) is 5.90. The molecule has 1 fully saturated rings. The summed E-state index contributed by atoms with van der Waals surface area (Å²) in [7, 11) is 0. The van der Waals surface area contributed by atoms with Crippen molar-refractivity contribution < 1.29 is 4.79 Å². The fourth-order valence-electron chi connectivity index (χ4n) is 2.11. The van der Waals surface area contributed by atoms with Gasteiger partial charge in [0.25, 0.3) is 5.91 Å². The van der Waals surface area contributed by atoms with Crippen LogP contribution in [-0.4, -0.2) is 46.3 Å². The van der Waals surface area contributed by atoms with Crippen molar-refractivity contribution in [2.24, 2.45) is 0 Å². The van der Waals surface area contributed by atoms with Crippen molar-refractivity contribution in [3.63, 3.8) is 0 Å². The smallest absolute Gasteiger partial charge is 0.257 e. The fourth-order valence-corrected chi connectivity index (χ4v) is 2.11. The lowest BCUT2D eigenvalue weighted by atomic mass is 10.1. The molecule has 1 aromatic rings. The van der Waals surface area contributed by atoms with Gasteiger partial charge in [-0.1, -0.05) is 0 Å². The zero-order chi connectivity index (χ0) is 13.3. The number of carbonyl (C=O) groups is 1. The van der Waals surface area contributed by atoms with E-state index in [-0.39, 0.29) is 17.5 Å². The maximum Gasteiger partial charge on any atom is 0.257 e. The second kappa shape index (κ2) is 4.72. The van der Waals surface area contributed by atoms with Crippen molar-refractivity contribution in [3.05, 3.63) is 18.0 Å². The van der Waals surface area contributed by atoms with E-state index in [1.54, 1.807) is 6.20 Å². The highest BCUT2D eigenvalue weighted by Gasteiger charge is 2.25. The van der Waals surface area contributed by atoms with Gasteiger partial charge in [0.15, 0.2) is 0 Å². The summed E-state index contributed by atoms with van der Waals surface area (Å²) in [5.74, 6) is 0.0829. The lowest BCUT2D eigenvalue weighted by molar-refractivity contribution is 0.0655. The first-order chi connectivity index (χ1) is 8.39. The van der Waals surface area contributed by atoms with E-state index in [4.69, 9.17) is 0 Å². The van der Waals surface area contributed by atoms with Crippen molar-refractivity contribution in [2.75, 3.05) is 19.6 Å². The molecule has 0 spiro atoms. The molecule has 5 nitrogen and oxygen atoms in total. The van der Waals surface area contributed by atoms with Crippen molar-refractivity contribution in [3.8, 4) is 0 Å². The van der Waals surface area contributed by atoms with Gasteiger partial charge >= 0.3 is 0 Å². The fraction of sp³-hybridized carbons (Fsp3) is 0.692. The Morgan fingerprint density at radius 1 is 1.50 bits per heavy atom. The summed E-state index contributed by atoms with van der Waals surface area (Å²) in [6.45, 7) is 10.8. The van der Waals surface area contributed by atoms with Gasteiger partial charge in [-0.05, 0) is 27.7 Å². The summed E-state index contributed by atoms with van der Waals surface area (Å²) in [6.07, 6.45) is 3.51. The quantitative estimate of drug-likeness (QED) is 0.811. The molecule has 0 saturated carbocycles. The zero-order valence-corrected chi connectivity index (χ0v) is 11.6. The number of nitrogens with zero attached hydrogens (tertiary/aromatic N) is 3. The molecule has 0 aromatic carbocycles. The van der Waals surface area contributed by atoms with Crippen LogP contribution in [-0.2, 0) is 5.54 Å². The van der Waals surface area contributed by atoms with Crippen LogP contribution in [0.1, 0.15) is 38.1 Å². The third-order valence-electron chi connectivity index (χ3n) is 3.28. The van der Waals surface area contributed by atoms with Gasteiger partial charge in [-0.25, -0.2) is 0 Å². The molecule has 1 N–H and O–H groups in total. The van der Waals surface area contributed by atoms with Crippen molar-refractivity contribution in [1.82, 2.24) is 20.0 Å². The molecule has 0 bridgehead atoms. The Morgan fingerprint density at radius 3 is 2.78 bits per heavy atom. The van der Waals surface area contributed by atoms with Crippen LogP contribution >= 0.6 is 0 Å². The van der Waals surface area contributed by atoms with Crippen molar-refractivity contribution in [2.45, 2.75) is 39.3 Å². The average molecular weight is 250 g/mol. The lowest BCUT2D eigenvalue weighted by Crippen LogP contribution is -2.52. The van der Waals surface area contributed by atoms with Crippen molar-refractivity contribution >= 4 is 5.91 Å². The van der Waals surface area contributed by atoms with E-state index in [0.717, 1.165) is 19.6 Å². The Balaban J connectivity index is 2.16. The number of aromatic nitrogens is 2. The van der Waals surface area contributed by atoms with E-state index in [9.17, 15) is 4.79 Å². The minimum absolute atomic E-state index is 0.0829. The first-order valence-electron chi connectivity index (χ1n) is 6.46. The van der Waals surface area contributed by atoms with E-state index >= 15 is 0 Å². The number of piperazine rings is 1. The molecule has 1 aliphatic rings. The molecule has 2 rings (SSSR count). The van der Waals surface area contributed by atoms with Crippen molar-refractivity contribution in [1.29, 1.82) is 0 Å². The Bertz CT molecular complexity index is 432. The summed E-state index contributed by atoms with van der Waals surface area (Å²) in [5, 5.41) is 7.57. The third-order valence-corrected chi connectivity index (χ3v) is 3.28. The maximum atomic E-state index is 12.4. The molecule has 5 heteroatoms.